The van der Waals surface area contributed by atoms with Crippen LogP contribution in [-0.2, 0) is 6.54 Å². The normalized spacial score (nSPS) is 21.4. The SMILES string of the molecule is N/C(=N/O)C1CCCN1Cc1cccc(F)c1Br. The Bertz CT molecular complexity index is 467. The first-order valence-electron chi connectivity index (χ1n) is 5.78. The van der Waals surface area contributed by atoms with E-state index in [1.807, 2.05) is 6.07 Å². The van der Waals surface area contributed by atoms with Crippen LogP contribution < -0.4 is 5.73 Å². The average Bonchev–Trinajstić information content (AvgIpc) is 2.82. The molecule has 1 fully saturated rings. The minimum atomic E-state index is -0.271. The Kier molecular flexibility index (Phi) is 4.19. The lowest BCUT2D eigenvalue weighted by molar-refractivity contribution is 0.274. The molecule has 1 heterocycles. The van der Waals surface area contributed by atoms with Gasteiger partial charge in [-0.3, -0.25) is 4.90 Å². The second-order valence-corrected chi connectivity index (χ2v) is 5.16. The van der Waals surface area contributed by atoms with Gasteiger partial charge in [-0.25, -0.2) is 4.39 Å². The molecule has 0 bridgehead atoms. The van der Waals surface area contributed by atoms with Gasteiger partial charge in [-0.05, 0) is 46.9 Å². The molecule has 6 heteroatoms. The van der Waals surface area contributed by atoms with Crippen molar-refractivity contribution in [3.05, 3.63) is 34.1 Å². The molecule has 1 atom stereocenters. The zero-order chi connectivity index (χ0) is 13.1. The highest BCUT2D eigenvalue weighted by molar-refractivity contribution is 9.10. The van der Waals surface area contributed by atoms with Crippen LogP contribution in [0.5, 0.6) is 0 Å². The Hall–Kier alpha value is -1.14. The lowest BCUT2D eigenvalue weighted by atomic mass is 10.1. The number of likely N-dealkylation sites (tertiary alicyclic amines) is 1. The summed E-state index contributed by atoms with van der Waals surface area (Å²) in [5.41, 5.74) is 6.53. The van der Waals surface area contributed by atoms with Gasteiger partial charge in [0.25, 0.3) is 0 Å². The zero-order valence-corrected chi connectivity index (χ0v) is 11.4. The van der Waals surface area contributed by atoms with Gasteiger partial charge in [0.2, 0.25) is 0 Å². The molecule has 1 aromatic carbocycles. The fourth-order valence-corrected chi connectivity index (χ4v) is 2.70. The number of hydrogen-bond acceptors (Lipinski definition) is 3. The summed E-state index contributed by atoms with van der Waals surface area (Å²) < 4.78 is 13.9. The van der Waals surface area contributed by atoms with Crippen LogP contribution >= 0.6 is 15.9 Å². The number of nitrogens with two attached hydrogens (primary N) is 1. The van der Waals surface area contributed by atoms with E-state index in [1.165, 1.54) is 6.07 Å². The summed E-state index contributed by atoms with van der Waals surface area (Å²) in [5.74, 6) is -0.0490. The number of oxime groups is 1. The van der Waals surface area contributed by atoms with Gasteiger partial charge in [0.1, 0.15) is 5.82 Å². The number of halogens is 2. The van der Waals surface area contributed by atoms with E-state index in [1.54, 1.807) is 6.07 Å². The first kappa shape index (κ1) is 13.3. The van der Waals surface area contributed by atoms with E-state index in [0.717, 1.165) is 24.9 Å². The predicted octanol–water partition coefficient (Wildman–Crippen LogP) is 2.30. The van der Waals surface area contributed by atoms with Crippen LogP contribution in [0.15, 0.2) is 27.8 Å². The maximum absolute atomic E-state index is 13.4. The van der Waals surface area contributed by atoms with Gasteiger partial charge in [-0.1, -0.05) is 17.3 Å². The second kappa shape index (κ2) is 5.67. The molecule has 0 aromatic heterocycles. The van der Waals surface area contributed by atoms with E-state index < -0.39 is 0 Å². The molecule has 1 aliphatic heterocycles. The Morgan fingerprint density at radius 3 is 3.11 bits per heavy atom. The fourth-order valence-electron chi connectivity index (χ4n) is 2.31. The highest BCUT2D eigenvalue weighted by Gasteiger charge is 2.28. The molecule has 98 valence electrons. The minimum Gasteiger partial charge on any atom is -0.409 e. The van der Waals surface area contributed by atoms with Gasteiger partial charge in [-0.15, -0.1) is 0 Å². The topological polar surface area (TPSA) is 61.9 Å². The van der Waals surface area contributed by atoms with E-state index in [-0.39, 0.29) is 17.7 Å². The van der Waals surface area contributed by atoms with Crippen LogP contribution in [-0.4, -0.2) is 28.5 Å². The van der Waals surface area contributed by atoms with E-state index in [2.05, 4.69) is 26.0 Å². The molecular weight excluding hydrogens is 301 g/mol. The van der Waals surface area contributed by atoms with E-state index in [0.29, 0.717) is 11.0 Å². The van der Waals surface area contributed by atoms with E-state index in [9.17, 15) is 4.39 Å². The Balaban J connectivity index is 2.16. The molecule has 1 aliphatic rings. The third-order valence-corrected chi connectivity index (χ3v) is 4.11. The van der Waals surface area contributed by atoms with Crippen molar-refractivity contribution in [3.63, 3.8) is 0 Å². The molecule has 4 nitrogen and oxygen atoms in total. The molecular formula is C12H15BrFN3O. The van der Waals surface area contributed by atoms with Gasteiger partial charge < -0.3 is 10.9 Å². The average molecular weight is 316 g/mol. The third-order valence-electron chi connectivity index (χ3n) is 3.23. The van der Waals surface area contributed by atoms with Gasteiger partial charge in [0, 0.05) is 6.54 Å². The highest BCUT2D eigenvalue weighted by atomic mass is 79.9. The molecule has 18 heavy (non-hydrogen) atoms. The number of nitrogens with zero attached hydrogens (tertiary/aromatic N) is 2. The summed E-state index contributed by atoms with van der Waals surface area (Å²) in [4.78, 5) is 2.09. The fraction of sp³-hybridized carbons (Fsp3) is 0.417. The van der Waals surface area contributed by atoms with Crippen LogP contribution in [0, 0.1) is 5.82 Å². The minimum absolute atomic E-state index is 0.0647. The monoisotopic (exact) mass is 315 g/mol. The Morgan fingerprint density at radius 2 is 2.39 bits per heavy atom. The lowest BCUT2D eigenvalue weighted by Crippen LogP contribution is -2.40. The molecule has 0 aliphatic carbocycles. The van der Waals surface area contributed by atoms with Crippen molar-refractivity contribution in [3.8, 4) is 0 Å². The number of rotatable bonds is 3. The summed E-state index contributed by atoms with van der Waals surface area (Å²) in [6.07, 6.45) is 1.86. The van der Waals surface area contributed by atoms with Crippen molar-refractivity contribution in [2.75, 3.05) is 6.54 Å². The van der Waals surface area contributed by atoms with E-state index >= 15 is 0 Å². The van der Waals surface area contributed by atoms with E-state index in [4.69, 9.17) is 10.9 Å². The first-order valence-corrected chi connectivity index (χ1v) is 6.57. The second-order valence-electron chi connectivity index (χ2n) is 4.37. The Labute approximate surface area is 113 Å². The van der Waals surface area contributed by atoms with Crippen molar-refractivity contribution in [1.82, 2.24) is 4.90 Å². The maximum Gasteiger partial charge on any atom is 0.156 e. The molecule has 0 spiro atoms. The summed E-state index contributed by atoms with van der Waals surface area (Å²) in [7, 11) is 0. The largest absolute Gasteiger partial charge is 0.409 e. The summed E-state index contributed by atoms with van der Waals surface area (Å²) in [6.45, 7) is 1.45. The molecule has 1 saturated heterocycles. The summed E-state index contributed by atoms with van der Waals surface area (Å²) >= 11 is 3.25. The predicted molar refractivity (Wildman–Crippen MR) is 70.9 cm³/mol. The van der Waals surface area contributed by atoms with Crippen molar-refractivity contribution in [2.45, 2.75) is 25.4 Å². The molecule has 0 amide bonds. The molecule has 0 saturated carbocycles. The molecule has 1 unspecified atom stereocenters. The number of hydrogen-bond donors (Lipinski definition) is 2. The van der Waals surface area contributed by atoms with Gasteiger partial charge in [0.15, 0.2) is 5.84 Å². The van der Waals surface area contributed by atoms with Gasteiger partial charge in [0.05, 0.1) is 10.5 Å². The standard InChI is InChI=1S/C12H15BrFN3O/c13-11-8(3-1-4-9(11)14)7-17-6-2-5-10(17)12(15)16-18/h1,3-4,10,18H,2,5-7H2,(H2,15,16). The van der Waals surface area contributed by atoms with Crippen LogP contribution in [0.4, 0.5) is 4.39 Å². The van der Waals surface area contributed by atoms with Crippen LogP contribution in [0.1, 0.15) is 18.4 Å². The zero-order valence-electron chi connectivity index (χ0n) is 9.81. The third kappa shape index (κ3) is 2.64. The van der Waals surface area contributed by atoms with Crippen molar-refractivity contribution >= 4 is 21.8 Å². The highest BCUT2D eigenvalue weighted by Crippen LogP contribution is 2.25. The number of benzene rings is 1. The Morgan fingerprint density at radius 1 is 1.61 bits per heavy atom. The van der Waals surface area contributed by atoms with Crippen molar-refractivity contribution < 1.29 is 9.60 Å². The first-order chi connectivity index (χ1) is 8.63. The smallest absolute Gasteiger partial charge is 0.156 e. The van der Waals surface area contributed by atoms with Crippen molar-refractivity contribution in [1.29, 1.82) is 0 Å². The van der Waals surface area contributed by atoms with Crippen LogP contribution in [0.25, 0.3) is 0 Å². The summed E-state index contributed by atoms with van der Waals surface area (Å²) in [5, 5.41) is 11.8. The van der Waals surface area contributed by atoms with Crippen molar-refractivity contribution in [2.24, 2.45) is 10.9 Å². The number of amidine groups is 1. The molecule has 2 rings (SSSR count). The molecule has 0 radical (unpaired) electrons. The maximum atomic E-state index is 13.4. The van der Waals surface area contributed by atoms with Gasteiger partial charge in [-0.2, -0.15) is 0 Å². The lowest BCUT2D eigenvalue weighted by Gasteiger charge is -2.23. The van der Waals surface area contributed by atoms with Gasteiger partial charge >= 0.3 is 0 Å². The summed E-state index contributed by atoms with van der Waals surface area (Å²) in [6, 6.07) is 4.90. The van der Waals surface area contributed by atoms with Crippen LogP contribution in [0.3, 0.4) is 0 Å². The molecule has 3 N–H and O–H groups in total. The van der Waals surface area contributed by atoms with Crippen LogP contribution in [0.2, 0.25) is 0 Å². The quantitative estimate of drug-likeness (QED) is 0.389. The molecule has 1 aromatic rings.